The number of amides is 1. The van der Waals surface area contributed by atoms with E-state index in [4.69, 9.17) is 5.11 Å². The molecule has 3 rings (SSSR count). The zero-order valence-corrected chi connectivity index (χ0v) is 11.3. The molecule has 1 aliphatic rings. The first-order valence-electron chi connectivity index (χ1n) is 6.84. The van der Waals surface area contributed by atoms with Gasteiger partial charge in [0.15, 0.2) is 0 Å². The number of carboxylic acids is 1. The largest absolute Gasteiger partial charge is 0.506 e. The van der Waals surface area contributed by atoms with Crippen LogP contribution in [0.25, 0.3) is 10.8 Å². The molecular weight excluding hydrogens is 270 g/mol. The molecule has 1 fully saturated rings. The maximum Gasteiger partial charge on any atom is 0.326 e. The van der Waals surface area contributed by atoms with Crippen LogP contribution in [0.4, 0.5) is 0 Å². The van der Waals surface area contributed by atoms with Crippen LogP contribution in [0.15, 0.2) is 36.4 Å². The highest BCUT2D eigenvalue weighted by molar-refractivity contribution is 6.04. The number of benzene rings is 2. The fraction of sp³-hybridized carbons (Fsp3) is 0.250. The summed E-state index contributed by atoms with van der Waals surface area (Å²) < 4.78 is 0. The fourth-order valence-corrected chi connectivity index (χ4v) is 2.85. The molecule has 1 atom stereocenters. The van der Waals surface area contributed by atoms with E-state index in [1.54, 1.807) is 24.3 Å². The molecular formula is C16H15NO4. The first-order valence-corrected chi connectivity index (χ1v) is 6.84. The summed E-state index contributed by atoms with van der Waals surface area (Å²) in [6, 6.07) is 9.73. The SMILES string of the molecule is O=C(O)[C@H]1CCCN1C(=O)c1ccc2ccccc2c1O. The number of carboxylic acid groups (broad SMARTS) is 1. The smallest absolute Gasteiger partial charge is 0.326 e. The fourth-order valence-electron chi connectivity index (χ4n) is 2.85. The molecule has 1 amide bonds. The second kappa shape index (κ2) is 5.09. The Balaban J connectivity index is 2.02. The van der Waals surface area contributed by atoms with Crippen molar-refractivity contribution in [2.45, 2.75) is 18.9 Å². The summed E-state index contributed by atoms with van der Waals surface area (Å²) in [5, 5.41) is 20.9. The summed E-state index contributed by atoms with van der Waals surface area (Å²) in [5.41, 5.74) is 0.154. The number of hydrogen-bond acceptors (Lipinski definition) is 3. The third-order valence-corrected chi connectivity index (χ3v) is 3.93. The number of aromatic hydroxyl groups is 1. The lowest BCUT2D eigenvalue weighted by Gasteiger charge is -2.22. The van der Waals surface area contributed by atoms with Gasteiger partial charge in [0.25, 0.3) is 5.91 Å². The Morgan fingerprint density at radius 1 is 1.14 bits per heavy atom. The zero-order chi connectivity index (χ0) is 15.0. The Morgan fingerprint density at radius 2 is 1.90 bits per heavy atom. The van der Waals surface area contributed by atoms with Gasteiger partial charge in [-0.1, -0.05) is 30.3 Å². The van der Waals surface area contributed by atoms with Crippen LogP contribution < -0.4 is 0 Å². The molecule has 0 spiro atoms. The van der Waals surface area contributed by atoms with Crippen LogP contribution in [-0.4, -0.2) is 39.6 Å². The molecule has 0 aromatic heterocycles. The number of phenolic OH excluding ortho intramolecular Hbond substituents is 1. The van der Waals surface area contributed by atoms with Crippen LogP contribution in [0.1, 0.15) is 23.2 Å². The van der Waals surface area contributed by atoms with Crippen molar-refractivity contribution in [3.63, 3.8) is 0 Å². The van der Waals surface area contributed by atoms with Gasteiger partial charge in [-0.15, -0.1) is 0 Å². The van der Waals surface area contributed by atoms with Gasteiger partial charge >= 0.3 is 5.97 Å². The Hall–Kier alpha value is -2.56. The van der Waals surface area contributed by atoms with Crippen LogP contribution in [0, 0.1) is 0 Å². The summed E-state index contributed by atoms with van der Waals surface area (Å²) in [6.07, 6.45) is 1.12. The quantitative estimate of drug-likeness (QED) is 0.887. The van der Waals surface area contributed by atoms with Crippen molar-refractivity contribution in [2.75, 3.05) is 6.54 Å². The number of hydrogen-bond donors (Lipinski definition) is 2. The molecule has 2 N–H and O–H groups in total. The highest BCUT2D eigenvalue weighted by Gasteiger charge is 2.35. The van der Waals surface area contributed by atoms with Gasteiger partial charge in [0, 0.05) is 11.9 Å². The van der Waals surface area contributed by atoms with Crippen molar-refractivity contribution in [3.8, 4) is 5.75 Å². The zero-order valence-electron chi connectivity index (χ0n) is 11.3. The van der Waals surface area contributed by atoms with Crippen LogP contribution in [0.3, 0.4) is 0 Å². The van der Waals surface area contributed by atoms with E-state index in [1.807, 2.05) is 12.1 Å². The Bertz CT molecular complexity index is 725. The Morgan fingerprint density at radius 3 is 2.67 bits per heavy atom. The molecule has 1 aliphatic heterocycles. The average Bonchev–Trinajstić information content (AvgIpc) is 2.97. The van der Waals surface area contributed by atoms with E-state index < -0.39 is 17.9 Å². The minimum Gasteiger partial charge on any atom is -0.506 e. The maximum atomic E-state index is 12.5. The lowest BCUT2D eigenvalue weighted by atomic mass is 10.0. The summed E-state index contributed by atoms with van der Waals surface area (Å²) in [4.78, 5) is 25.0. The second-order valence-corrected chi connectivity index (χ2v) is 5.18. The molecule has 2 aromatic rings. The molecule has 5 nitrogen and oxygen atoms in total. The normalized spacial score (nSPS) is 18.1. The first kappa shape index (κ1) is 13.4. The highest BCUT2D eigenvalue weighted by atomic mass is 16.4. The van der Waals surface area contributed by atoms with Crippen molar-refractivity contribution < 1.29 is 19.8 Å². The Kier molecular flexibility index (Phi) is 3.25. The number of fused-ring (bicyclic) bond motifs is 1. The van der Waals surface area contributed by atoms with Gasteiger partial charge in [-0.2, -0.15) is 0 Å². The lowest BCUT2D eigenvalue weighted by Crippen LogP contribution is -2.40. The van der Waals surface area contributed by atoms with E-state index in [2.05, 4.69) is 0 Å². The number of carbonyl (C=O) groups is 2. The third kappa shape index (κ3) is 2.20. The highest BCUT2D eigenvalue weighted by Crippen LogP contribution is 2.31. The topological polar surface area (TPSA) is 77.8 Å². The molecule has 0 aliphatic carbocycles. The van der Waals surface area contributed by atoms with Crippen molar-refractivity contribution in [1.29, 1.82) is 0 Å². The monoisotopic (exact) mass is 285 g/mol. The molecule has 21 heavy (non-hydrogen) atoms. The van der Waals surface area contributed by atoms with Gasteiger partial charge in [0.1, 0.15) is 11.8 Å². The van der Waals surface area contributed by atoms with Crippen LogP contribution in [0.5, 0.6) is 5.75 Å². The molecule has 0 saturated carbocycles. The third-order valence-electron chi connectivity index (χ3n) is 3.93. The van der Waals surface area contributed by atoms with Gasteiger partial charge in [-0.3, -0.25) is 4.79 Å². The van der Waals surface area contributed by atoms with Crippen LogP contribution >= 0.6 is 0 Å². The predicted octanol–water partition coefficient (Wildman–Crippen LogP) is 2.23. The summed E-state index contributed by atoms with van der Waals surface area (Å²) in [6.45, 7) is 0.405. The molecule has 0 bridgehead atoms. The van der Waals surface area contributed by atoms with E-state index in [0.717, 1.165) is 5.39 Å². The lowest BCUT2D eigenvalue weighted by molar-refractivity contribution is -0.141. The molecule has 1 heterocycles. The van der Waals surface area contributed by atoms with Gasteiger partial charge in [0.05, 0.1) is 5.56 Å². The van der Waals surface area contributed by atoms with Crippen molar-refractivity contribution in [2.24, 2.45) is 0 Å². The molecule has 108 valence electrons. The van der Waals surface area contributed by atoms with Gasteiger partial charge in [-0.25, -0.2) is 4.79 Å². The summed E-state index contributed by atoms with van der Waals surface area (Å²) in [5.74, 6) is -1.52. The first-order chi connectivity index (χ1) is 10.1. The van der Waals surface area contributed by atoms with E-state index in [-0.39, 0.29) is 11.3 Å². The van der Waals surface area contributed by atoms with Gasteiger partial charge in [-0.05, 0) is 24.3 Å². The van der Waals surface area contributed by atoms with E-state index >= 15 is 0 Å². The number of phenols is 1. The molecule has 0 radical (unpaired) electrons. The van der Waals surface area contributed by atoms with E-state index in [0.29, 0.717) is 24.8 Å². The maximum absolute atomic E-state index is 12.5. The second-order valence-electron chi connectivity index (χ2n) is 5.18. The average molecular weight is 285 g/mol. The van der Waals surface area contributed by atoms with Gasteiger partial charge < -0.3 is 15.1 Å². The standard InChI is InChI=1S/C16H15NO4/c18-14-11-5-2-1-4-10(11)7-8-12(14)15(19)17-9-3-6-13(17)16(20)21/h1-2,4-5,7-8,13,18H,3,6,9H2,(H,20,21)/t13-/m1/s1. The number of likely N-dealkylation sites (tertiary alicyclic amines) is 1. The molecule has 0 unspecified atom stereocenters. The Labute approximate surface area is 121 Å². The summed E-state index contributed by atoms with van der Waals surface area (Å²) >= 11 is 0. The predicted molar refractivity (Wildman–Crippen MR) is 77.3 cm³/mol. The number of carbonyl (C=O) groups excluding carboxylic acids is 1. The van der Waals surface area contributed by atoms with Crippen LogP contribution in [-0.2, 0) is 4.79 Å². The molecule has 1 saturated heterocycles. The van der Waals surface area contributed by atoms with Crippen molar-refractivity contribution in [3.05, 3.63) is 42.0 Å². The van der Waals surface area contributed by atoms with E-state index in [9.17, 15) is 14.7 Å². The van der Waals surface area contributed by atoms with Crippen molar-refractivity contribution in [1.82, 2.24) is 4.90 Å². The number of aliphatic carboxylic acids is 1. The summed E-state index contributed by atoms with van der Waals surface area (Å²) in [7, 11) is 0. The number of rotatable bonds is 2. The molecule has 2 aromatic carbocycles. The van der Waals surface area contributed by atoms with Gasteiger partial charge in [0.2, 0.25) is 0 Å². The van der Waals surface area contributed by atoms with E-state index in [1.165, 1.54) is 4.90 Å². The van der Waals surface area contributed by atoms with Crippen LogP contribution in [0.2, 0.25) is 0 Å². The molecule has 5 heteroatoms. The van der Waals surface area contributed by atoms with Crippen molar-refractivity contribution >= 4 is 22.6 Å². The number of nitrogens with zero attached hydrogens (tertiary/aromatic N) is 1. The minimum absolute atomic E-state index is 0.0888. The minimum atomic E-state index is -0.999.